The van der Waals surface area contributed by atoms with Gasteiger partial charge >= 0.3 is 0 Å². The van der Waals surface area contributed by atoms with E-state index in [2.05, 4.69) is 27.0 Å². The molecule has 2 saturated heterocycles. The van der Waals surface area contributed by atoms with Gasteiger partial charge in [-0.3, -0.25) is 0 Å². The van der Waals surface area contributed by atoms with E-state index in [4.69, 9.17) is 4.74 Å². The van der Waals surface area contributed by atoms with Gasteiger partial charge < -0.3 is 14.5 Å². The summed E-state index contributed by atoms with van der Waals surface area (Å²) in [5, 5.41) is 10.7. The molecule has 1 saturated carbocycles. The van der Waals surface area contributed by atoms with Gasteiger partial charge in [0.15, 0.2) is 0 Å². The van der Waals surface area contributed by atoms with E-state index in [0.29, 0.717) is 11.3 Å². The van der Waals surface area contributed by atoms with Gasteiger partial charge in [0.05, 0.1) is 6.61 Å². The van der Waals surface area contributed by atoms with Crippen molar-refractivity contribution in [3.63, 3.8) is 0 Å². The summed E-state index contributed by atoms with van der Waals surface area (Å²) in [4.78, 5) is 4.94. The number of hydrogen-bond acceptors (Lipinski definition) is 6. The Kier molecular flexibility index (Phi) is 4.32. The molecule has 128 valence electrons. The molecule has 1 aliphatic carbocycles. The molecule has 0 N–H and O–H groups in total. The molecular weight excluding hydrogens is 308 g/mol. The Morgan fingerprint density at radius 1 is 1.22 bits per heavy atom. The minimum absolute atomic E-state index is 0.453. The first-order valence-corrected chi connectivity index (χ1v) is 9.78. The van der Waals surface area contributed by atoms with Crippen LogP contribution in [0.5, 0.6) is 0 Å². The summed E-state index contributed by atoms with van der Waals surface area (Å²) in [6, 6.07) is 0. The number of piperidine rings is 1. The first-order valence-electron chi connectivity index (χ1n) is 8.96. The highest BCUT2D eigenvalue weighted by Crippen LogP contribution is 2.45. The van der Waals surface area contributed by atoms with E-state index < -0.39 is 0 Å². The largest absolute Gasteiger partial charge is 0.381 e. The van der Waals surface area contributed by atoms with E-state index >= 15 is 0 Å². The quantitative estimate of drug-likeness (QED) is 0.826. The molecule has 5 nitrogen and oxygen atoms in total. The second kappa shape index (κ2) is 6.30. The number of ether oxygens (including phenoxy) is 1. The van der Waals surface area contributed by atoms with Gasteiger partial charge in [-0.2, -0.15) is 0 Å². The van der Waals surface area contributed by atoms with E-state index in [9.17, 15) is 0 Å². The maximum Gasteiger partial charge on any atom is 0.208 e. The first kappa shape index (κ1) is 15.8. The number of rotatable bonds is 5. The molecule has 1 aromatic heterocycles. The van der Waals surface area contributed by atoms with Crippen LogP contribution in [0.1, 0.15) is 30.7 Å². The molecule has 1 aromatic rings. The molecule has 2 aliphatic heterocycles. The summed E-state index contributed by atoms with van der Waals surface area (Å²) in [6.07, 6.45) is 5.28. The lowest BCUT2D eigenvalue weighted by Crippen LogP contribution is -2.45. The third kappa shape index (κ3) is 3.39. The molecule has 1 unspecified atom stereocenters. The van der Waals surface area contributed by atoms with Crippen molar-refractivity contribution >= 4 is 16.5 Å². The second-order valence-corrected chi connectivity index (χ2v) is 8.99. The highest BCUT2D eigenvalue weighted by Gasteiger charge is 2.47. The van der Waals surface area contributed by atoms with Gasteiger partial charge in [-0.15, -0.1) is 10.2 Å². The third-order valence-corrected chi connectivity index (χ3v) is 6.80. The molecule has 1 atom stereocenters. The van der Waals surface area contributed by atoms with Crippen LogP contribution in [0.15, 0.2) is 0 Å². The highest BCUT2D eigenvalue weighted by molar-refractivity contribution is 7.15. The van der Waals surface area contributed by atoms with Crippen LogP contribution >= 0.6 is 11.3 Å². The topological polar surface area (TPSA) is 41.5 Å². The zero-order valence-corrected chi connectivity index (χ0v) is 15.1. The van der Waals surface area contributed by atoms with Crippen LogP contribution in [-0.4, -0.2) is 61.5 Å². The Morgan fingerprint density at radius 2 is 2.00 bits per heavy atom. The van der Waals surface area contributed by atoms with Gasteiger partial charge in [0.2, 0.25) is 5.13 Å². The van der Waals surface area contributed by atoms with Gasteiger partial charge in [-0.05, 0) is 51.0 Å². The highest BCUT2D eigenvalue weighted by atomic mass is 32.1. The van der Waals surface area contributed by atoms with Crippen LogP contribution in [0.25, 0.3) is 0 Å². The molecular formula is C17H28N4OS. The van der Waals surface area contributed by atoms with Crippen LogP contribution < -0.4 is 4.90 Å². The summed E-state index contributed by atoms with van der Waals surface area (Å²) in [6.45, 7) is 8.64. The Balaban J connectivity index is 1.36. The van der Waals surface area contributed by atoms with Gasteiger partial charge in [-0.25, -0.2) is 0 Å². The summed E-state index contributed by atoms with van der Waals surface area (Å²) in [5.74, 6) is 1.57. The Bertz CT molecular complexity index is 536. The van der Waals surface area contributed by atoms with Crippen molar-refractivity contribution in [2.24, 2.45) is 17.3 Å². The molecule has 0 bridgehead atoms. The molecule has 23 heavy (non-hydrogen) atoms. The zero-order chi connectivity index (χ0) is 15.9. The predicted octanol–water partition coefficient (Wildman–Crippen LogP) is 2.42. The van der Waals surface area contributed by atoms with Crippen LogP contribution in [-0.2, 0) is 4.74 Å². The Labute approximate surface area is 143 Å². The van der Waals surface area contributed by atoms with E-state index in [1.165, 1.54) is 38.8 Å². The summed E-state index contributed by atoms with van der Waals surface area (Å²) < 4.78 is 6.07. The average Bonchev–Trinajstić information content (AvgIpc) is 3.18. The van der Waals surface area contributed by atoms with Gasteiger partial charge in [-0.1, -0.05) is 11.3 Å². The normalized spacial score (nSPS) is 27.9. The Morgan fingerprint density at radius 3 is 2.65 bits per heavy atom. The third-order valence-electron chi connectivity index (χ3n) is 5.90. The summed E-state index contributed by atoms with van der Waals surface area (Å²) in [5.41, 5.74) is 0.453. The second-order valence-electron chi connectivity index (χ2n) is 7.83. The molecule has 4 rings (SSSR count). The van der Waals surface area contributed by atoms with Crippen molar-refractivity contribution in [1.82, 2.24) is 15.1 Å². The van der Waals surface area contributed by atoms with E-state index in [-0.39, 0.29) is 0 Å². The number of aryl methyl sites for hydroxylation is 1. The Hall–Kier alpha value is -0.720. The smallest absolute Gasteiger partial charge is 0.208 e. The molecule has 0 amide bonds. The van der Waals surface area contributed by atoms with Crippen LogP contribution in [0.4, 0.5) is 5.13 Å². The SMILES string of the molecule is Cc1nnc(N2CCC3(CC2)CN(C)CC3COCC2CC2)s1. The van der Waals surface area contributed by atoms with Crippen LogP contribution in [0.3, 0.4) is 0 Å². The fourth-order valence-electron chi connectivity index (χ4n) is 4.32. The maximum atomic E-state index is 6.07. The zero-order valence-electron chi connectivity index (χ0n) is 14.3. The molecule has 1 spiro atoms. The fourth-order valence-corrected chi connectivity index (χ4v) is 5.05. The molecule has 3 aliphatic rings. The number of nitrogens with zero attached hydrogens (tertiary/aromatic N) is 4. The molecule has 0 aromatic carbocycles. The number of likely N-dealkylation sites (tertiary alicyclic amines) is 1. The fraction of sp³-hybridized carbons (Fsp3) is 0.882. The monoisotopic (exact) mass is 336 g/mol. The van der Waals surface area contributed by atoms with Crippen molar-refractivity contribution < 1.29 is 4.74 Å². The molecule has 6 heteroatoms. The van der Waals surface area contributed by atoms with E-state index in [1.807, 2.05) is 6.92 Å². The summed E-state index contributed by atoms with van der Waals surface area (Å²) in [7, 11) is 2.27. The molecule has 0 radical (unpaired) electrons. The number of aromatic nitrogens is 2. The predicted molar refractivity (Wildman–Crippen MR) is 93.1 cm³/mol. The lowest BCUT2D eigenvalue weighted by molar-refractivity contribution is 0.0428. The van der Waals surface area contributed by atoms with Gasteiger partial charge in [0.25, 0.3) is 0 Å². The van der Waals surface area contributed by atoms with E-state index in [1.54, 1.807) is 11.3 Å². The van der Waals surface area contributed by atoms with Crippen molar-refractivity contribution in [1.29, 1.82) is 0 Å². The maximum absolute atomic E-state index is 6.07. The molecule has 3 fully saturated rings. The first-order chi connectivity index (χ1) is 11.1. The van der Waals surface area contributed by atoms with Gasteiger partial charge in [0.1, 0.15) is 5.01 Å². The van der Waals surface area contributed by atoms with Crippen molar-refractivity contribution in [2.75, 3.05) is 51.3 Å². The number of anilines is 1. The average molecular weight is 337 g/mol. The van der Waals surface area contributed by atoms with Crippen LogP contribution in [0, 0.1) is 24.2 Å². The van der Waals surface area contributed by atoms with Crippen molar-refractivity contribution in [3.8, 4) is 0 Å². The van der Waals surface area contributed by atoms with Gasteiger partial charge in [0, 0.05) is 38.7 Å². The number of hydrogen-bond donors (Lipinski definition) is 0. The van der Waals surface area contributed by atoms with Crippen molar-refractivity contribution in [2.45, 2.75) is 32.6 Å². The minimum atomic E-state index is 0.453. The lowest BCUT2D eigenvalue weighted by atomic mass is 9.71. The molecule has 3 heterocycles. The summed E-state index contributed by atoms with van der Waals surface area (Å²) >= 11 is 1.72. The lowest BCUT2D eigenvalue weighted by Gasteiger charge is -2.42. The van der Waals surface area contributed by atoms with Crippen molar-refractivity contribution in [3.05, 3.63) is 5.01 Å². The standard InChI is InChI=1S/C17H28N4OS/c1-13-18-19-16(23-13)21-7-5-17(6-8-21)12-20(2)9-15(17)11-22-10-14-3-4-14/h14-15H,3-12H2,1-2H3. The van der Waals surface area contributed by atoms with Crippen LogP contribution in [0.2, 0.25) is 0 Å². The van der Waals surface area contributed by atoms with E-state index in [0.717, 1.165) is 42.4 Å². The minimum Gasteiger partial charge on any atom is -0.381 e.